The van der Waals surface area contributed by atoms with Gasteiger partial charge in [0.25, 0.3) is 0 Å². The van der Waals surface area contributed by atoms with E-state index in [0.717, 1.165) is 22.4 Å². The number of hydrogen-bond acceptors (Lipinski definition) is 5. The molecule has 0 bridgehead atoms. The van der Waals surface area contributed by atoms with Crippen molar-refractivity contribution < 1.29 is 0 Å². The smallest absolute Gasteiger partial charge is 0.164 e. The maximum Gasteiger partial charge on any atom is 0.164 e. The first-order chi connectivity index (χ1) is 22.2. The fraction of sp³-hybridized carbons (Fsp3) is 0.0750. The lowest BCUT2D eigenvalue weighted by molar-refractivity contribution is 0.538. The van der Waals surface area contributed by atoms with Crippen LogP contribution in [0, 0.1) is 0 Å². The quantitative estimate of drug-likeness (QED) is 0.203. The lowest BCUT2D eigenvalue weighted by Crippen LogP contribution is -2.43. The van der Waals surface area contributed by atoms with Gasteiger partial charge in [0, 0.05) is 43.6 Å². The van der Waals surface area contributed by atoms with E-state index in [1.807, 2.05) is 72.0 Å². The Morgan fingerprint density at radius 2 is 1.22 bits per heavy atom. The number of para-hydroxylation sites is 1. The molecule has 0 N–H and O–H groups in total. The highest BCUT2D eigenvalue weighted by molar-refractivity contribution is 7.19. The summed E-state index contributed by atoms with van der Waals surface area (Å²) in [5.41, 5.74) is 7.67. The largest absolute Gasteiger partial charge is 0.331 e. The predicted molar refractivity (Wildman–Crippen MR) is 186 cm³/mol. The number of rotatable bonds is 4. The number of aromatic nitrogens is 3. The Morgan fingerprint density at radius 3 is 1.96 bits per heavy atom. The molecule has 2 unspecified atom stereocenters. The van der Waals surface area contributed by atoms with Gasteiger partial charge in [0.1, 0.15) is 0 Å². The Balaban J connectivity index is 1.20. The molecule has 3 heterocycles. The van der Waals surface area contributed by atoms with Crippen molar-refractivity contribution in [3.63, 3.8) is 0 Å². The maximum atomic E-state index is 5.01. The van der Waals surface area contributed by atoms with Gasteiger partial charge in [0.05, 0.1) is 5.54 Å². The monoisotopic (exact) mass is 596 g/mol. The molecular weight excluding hydrogens is 569 g/mol. The Labute approximate surface area is 266 Å². The van der Waals surface area contributed by atoms with Gasteiger partial charge in [-0.05, 0) is 47.7 Å². The average Bonchev–Trinajstić information content (AvgIpc) is 3.61. The van der Waals surface area contributed by atoms with Crippen molar-refractivity contribution in [3.8, 4) is 34.2 Å². The van der Waals surface area contributed by atoms with Gasteiger partial charge in [0.2, 0.25) is 0 Å². The number of anilines is 2. The Hall–Kier alpha value is -5.39. The van der Waals surface area contributed by atoms with Crippen molar-refractivity contribution in [2.24, 2.45) is 0 Å². The minimum absolute atomic E-state index is 0.223. The third-order valence-electron chi connectivity index (χ3n) is 9.13. The highest BCUT2D eigenvalue weighted by Gasteiger charge is 2.50. The van der Waals surface area contributed by atoms with Gasteiger partial charge in [0.15, 0.2) is 17.5 Å². The third kappa shape index (κ3) is 4.08. The fourth-order valence-electron chi connectivity index (χ4n) is 7.08. The maximum absolute atomic E-state index is 5.01. The van der Waals surface area contributed by atoms with E-state index in [-0.39, 0.29) is 11.5 Å². The number of hydrogen-bond donors (Lipinski definition) is 0. The van der Waals surface area contributed by atoms with Crippen molar-refractivity contribution in [1.29, 1.82) is 0 Å². The van der Waals surface area contributed by atoms with Gasteiger partial charge >= 0.3 is 0 Å². The molecule has 0 saturated carbocycles. The van der Waals surface area contributed by atoms with Gasteiger partial charge in [-0.25, -0.2) is 15.0 Å². The molecule has 0 saturated heterocycles. The molecule has 5 heteroatoms. The predicted octanol–water partition coefficient (Wildman–Crippen LogP) is 10.2. The zero-order valence-corrected chi connectivity index (χ0v) is 25.4. The first-order valence-corrected chi connectivity index (χ1v) is 16.1. The molecule has 1 aliphatic heterocycles. The second-order valence-corrected chi connectivity index (χ2v) is 12.9. The Morgan fingerprint density at radius 1 is 0.622 bits per heavy atom. The summed E-state index contributed by atoms with van der Waals surface area (Å²) in [4.78, 5) is 18.9. The van der Waals surface area contributed by atoms with E-state index < -0.39 is 0 Å². The van der Waals surface area contributed by atoms with Crippen LogP contribution >= 0.6 is 11.3 Å². The van der Waals surface area contributed by atoms with E-state index in [1.165, 1.54) is 31.8 Å². The van der Waals surface area contributed by atoms with Crippen molar-refractivity contribution in [2.45, 2.75) is 18.4 Å². The Bertz CT molecular complexity index is 2200. The summed E-state index contributed by atoms with van der Waals surface area (Å²) in [6, 6.07) is 46.6. The molecule has 45 heavy (non-hydrogen) atoms. The molecule has 214 valence electrons. The molecule has 0 amide bonds. The molecule has 9 rings (SSSR count). The summed E-state index contributed by atoms with van der Waals surface area (Å²) in [6.45, 7) is 2.37. The van der Waals surface area contributed by atoms with Gasteiger partial charge in [-0.3, -0.25) is 0 Å². The highest BCUT2D eigenvalue weighted by atomic mass is 32.1. The lowest BCUT2D eigenvalue weighted by atomic mass is 9.77. The number of benzene rings is 5. The molecule has 4 nitrogen and oxygen atoms in total. The molecule has 0 spiro atoms. The second kappa shape index (κ2) is 10.1. The zero-order valence-electron chi connectivity index (χ0n) is 24.6. The van der Waals surface area contributed by atoms with E-state index >= 15 is 0 Å². The summed E-state index contributed by atoms with van der Waals surface area (Å²) in [5.74, 6) is 2.21. The van der Waals surface area contributed by atoms with Gasteiger partial charge in [-0.2, -0.15) is 0 Å². The normalized spacial score (nSPS) is 18.1. The van der Waals surface area contributed by atoms with Gasteiger partial charge in [-0.1, -0.05) is 121 Å². The highest BCUT2D eigenvalue weighted by Crippen LogP contribution is 2.59. The van der Waals surface area contributed by atoms with E-state index in [1.54, 1.807) is 0 Å². The van der Waals surface area contributed by atoms with Gasteiger partial charge < -0.3 is 4.90 Å². The Kier molecular flexibility index (Phi) is 5.83. The molecule has 7 aromatic rings. The molecule has 5 aromatic carbocycles. The zero-order chi connectivity index (χ0) is 30.0. The second-order valence-electron chi connectivity index (χ2n) is 11.9. The van der Waals surface area contributed by atoms with Crippen LogP contribution in [0.3, 0.4) is 0 Å². The minimum Gasteiger partial charge on any atom is -0.331 e. The van der Waals surface area contributed by atoms with Crippen LogP contribution in [0.5, 0.6) is 0 Å². The number of thiophene rings is 1. The summed E-state index contributed by atoms with van der Waals surface area (Å²) >= 11 is 1.93. The summed E-state index contributed by atoms with van der Waals surface area (Å²) in [6.07, 6.45) is 4.76. The molecule has 0 radical (unpaired) electrons. The molecule has 1 aliphatic carbocycles. The van der Waals surface area contributed by atoms with E-state index in [4.69, 9.17) is 15.0 Å². The standard InChI is InChI=1S/C40H28N4S/c1-40-24-23-31-30-19-9-11-22-34(30)45-36(31)35(40)32-20-8-10-21-33(32)44(40)29-18-12-17-28(25-29)39-42-37(26-13-4-2-5-14-26)41-38(43-39)27-15-6-3-7-16-27/h2-25,35H,1H3. The van der Waals surface area contributed by atoms with Crippen LogP contribution in [0.15, 0.2) is 140 Å². The first kappa shape index (κ1) is 26.1. The fourth-order valence-corrected chi connectivity index (χ4v) is 8.52. The van der Waals surface area contributed by atoms with Crippen molar-refractivity contribution in [1.82, 2.24) is 15.0 Å². The van der Waals surface area contributed by atoms with E-state index in [9.17, 15) is 0 Å². The first-order valence-electron chi connectivity index (χ1n) is 15.2. The molecule has 0 fully saturated rings. The van der Waals surface area contributed by atoms with Crippen LogP contribution in [0.25, 0.3) is 50.3 Å². The lowest BCUT2D eigenvalue weighted by Gasteiger charge is -2.40. The average molecular weight is 597 g/mol. The minimum atomic E-state index is -0.278. The van der Waals surface area contributed by atoms with Crippen LogP contribution < -0.4 is 4.90 Å². The summed E-state index contributed by atoms with van der Waals surface area (Å²) in [5, 5.41) is 1.34. The SMILES string of the molecule is CC12C=Cc3c(sc4ccccc34)C1c1ccccc1N2c1cccc(-c2nc(-c3ccccc3)nc(-c3ccccc3)n2)c1. The number of fused-ring (bicyclic) bond motifs is 7. The van der Waals surface area contributed by atoms with E-state index in [2.05, 4.69) is 96.8 Å². The molecule has 2 aromatic heterocycles. The summed E-state index contributed by atoms with van der Waals surface area (Å²) in [7, 11) is 0. The van der Waals surface area contributed by atoms with Crippen LogP contribution in [0.4, 0.5) is 11.4 Å². The summed E-state index contributed by atoms with van der Waals surface area (Å²) < 4.78 is 1.34. The van der Waals surface area contributed by atoms with Crippen molar-refractivity contribution in [2.75, 3.05) is 4.90 Å². The van der Waals surface area contributed by atoms with Crippen molar-refractivity contribution in [3.05, 3.63) is 156 Å². The van der Waals surface area contributed by atoms with Crippen LogP contribution in [-0.4, -0.2) is 20.5 Å². The van der Waals surface area contributed by atoms with Crippen LogP contribution in [0.2, 0.25) is 0 Å². The molecular formula is C40H28N4S. The van der Waals surface area contributed by atoms with Gasteiger partial charge in [-0.15, -0.1) is 11.3 Å². The molecule has 2 aliphatic rings. The number of nitrogens with zero attached hydrogens (tertiary/aromatic N) is 4. The topological polar surface area (TPSA) is 41.9 Å². The third-order valence-corrected chi connectivity index (χ3v) is 10.4. The van der Waals surface area contributed by atoms with Crippen molar-refractivity contribution >= 4 is 38.9 Å². The van der Waals surface area contributed by atoms with Crippen LogP contribution in [-0.2, 0) is 0 Å². The van der Waals surface area contributed by atoms with Crippen LogP contribution in [0.1, 0.15) is 28.8 Å². The van der Waals surface area contributed by atoms with E-state index in [0.29, 0.717) is 17.5 Å². The molecule has 2 atom stereocenters.